The highest BCUT2D eigenvalue weighted by molar-refractivity contribution is 8.19. The molecule has 0 saturated carbocycles. The number of ether oxygens (including phenoxy) is 1. The summed E-state index contributed by atoms with van der Waals surface area (Å²) in [4.78, 5) is 12.9. The van der Waals surface area contributed by atoms with Crippen LogP contribution < -0.4 is 10.2 Å². The SMILES string of the molecule is COc1c2ccoc2cc2occ(C3SCCS3)c(=O)c12. The van der Waals surface area contributed by atoms with Gasteiger partial charge in [0.25, 0.3) is 0 Å². The Bertz CT molecular complexity index is 874. The van der Waals surface area contributed by atoms with Crippen LogP contribution in [0.4, 0.5) is 0 Å². The Morgan fingerprint density at radius 1 is 1.24 bits per heavy atom. The molecule has 0 aliphatic carbocycles. The Balaban J connectivity index is 2.07. The first-order valence-corrected chi connectivity index (χ1v) is 8.62. The van der Waals surface area contributed by atoms with Crippen LogP contribution in [0.25, 0.3) is 21.9 Å². The van der Waals surface area contributed by atoms with Crippen LogP contribution in [0.3, 0.4) is 0 Å². The number of hydrogen-bond donors (Lipinski definition) is 0. The van der Waals surface area contributed by atoms with Gasteiger partial charge in [-0.3, -0.25) is 4.79 Å². The number of thioether (sulfide) groups is 2. The molecule has 1 aromatic carbocycles. The zero-order valence-corrected chi connectivity index (χ0v) is 12.9. The highest BCUT2D eigenvalue weighted by Gasteiger charge is 2.25. The van der Waals surface area contributed by atoms with Crippen molar-refractivity contribution >= 4 is 45.5 Å². The van der Waals surface area contributed by atoms with Gasteiger partial charge in [-0.25, -0.2) is 0 Å². The predicted octanol–water partition coefficient (Wildman–Crippen LogP) is 4.03. The van der Waals surface area contributed by atoms with E-state index >= 15 is 0 Å². The smallest absolute Gasteiger partial charge is 0.201 e. The molecule has 108 valence electrons. The van der Waals surface area contributed by atoms with Crippen molar-refractivity contribution in [3.63, 3.8) is 0 Å². The lowest BCUT2D eigenvalue weighted by atomic mass is 10.1. The molecule has 21 heavy (non-hydrogen) atoms. The molecule has 4 nitrogen and oxygen atoms in total. The molecule has 1 fully saturated rings. The molecule has 0 atom stereocenters. The van der Waals surface area contributed by atoms with Gasteiger partial charge in [0, 0.05) is 17.6 Å². The van der Waals surface area contributed by atoms with E-state index in [-0.39, 0.29) is 10.0 Å². The molecule has 0 radical (unpaired) electrons. The number of fused-ring (bicyclic) bond motifs is 2. The van der Waals surface area contributed by atoms with Crippen LogP contribution in [-0.4, -0.2) is 18.6 Å². The van der Waals surface area contributed by atoms with Gasteiger partial charge in [-0.05, 0) is 6.07 Å². The van der Waals surface area contributed by atoms with E-state index in [4.69, 9.17) is 13.6 Å². The molecule has 2 aromatic heterocycles. The van der Waals surface area contributed by atoms with E-state index < -0.39 is 0 Å². The molecule has 3 heterocycles. The van der Waals surface area contributed by atoms with Crippen molar-refractivity contribution in [1.29, 1.82) is 0 Å². The minimum atomic E-state index is -0.0110. The molecule has 4 rings (SSSR count). The van der Waals surface area contributed by atoms with Gasteiger partial charge in [-0.15, -0.1) is 23.5 Å². The van der Waals surface area contributed by atoms with E-state index in [9.17, 15) is 4.79 Å². The second kappa shape index (κ2) is 5.03. The Hall–Kier alpha value is -1.53. The second-order valence-electron chi connectivity index (χ2n) is 4.71. The van der Waals surface area contributed by atoms with Crippen molar-refractivity contribution in [1.82, 2.24) is 0 Å². The highest BCUT2D eigenvalue weighted by Crippen LogP contribution is 2.45. The van der Waals surface area contributed by atoms with Gasteiger partial charge >= 0.3 is 0 Å². The van der Waals surface area contributed by atoms with Crippen molar-refractivity contribution in [3.8, 4) is 5.75 Å². The number of methoxy groups -OCH3 is 1. The van der Waals surface area contributed by atoms with Crippen molar-refractivity contribution in [2.75, 3.05) is 18.6 Å². The lowest BCUT2D eigenvalue weighted by molar-refractivity contribution is 0.423. The molecule has 1 aliphatic rings. The Labute approximate surface area is 128 Å². The molecule has 6 heteroatoms. The van der Waals surface area contributed by atoms with E-state index in [0.717, 1.165) is 16.9 Å². The first-order valence-electron chi connectivity index (χ1n) is 6.52. The minimum absolute atomic E-state index is 0.0110. The maximum absolute atomic E-state index is 12.9. The summed E-state index contributed by atoms with van der Waals surface area (Å²) in [5.41, 5.74) is 1.84. The van der Waals surface area contributed by atoms with E-state index in [1.807, 2.05) is 0 Å². The quantitative estimate of drug-likeness (QED) is 0.710. The Kier molecular flexibility index (Phi) is 3.15. The molecule has 1 saturated heterocycles. The van der Waals surface area contributed by atoms with Crippen LogP contribution in [0, 0.1) is 0 Å². The van der Waals surface area contributed by atoms with Gasteiger partial charge in [0.1, 0.15) is 28.6 Å². The van der Waals surface area contributed by atoms with Crippen LogP contribution in [0.5, 0.6) is 5.75 Å². The van der Waals surface area contributed by atoms with Crippen molar-refractivity contribution in [2.24, 2.45) is 0 Å². The number of benzene rings is 1. The maximum Gasteiger partial charge on any atom is 0.201 e. The van der Waals surface area contributed by atoms with E-state index in [2.05, 4.69) is 0 Å². The van der Waals surface area contributed by atoms with Crippen molar-refractivity contribution in [2.45, 2.75) is 4.58 Å². The number of hydrogen-bond acceptors (Lipinski definition) is 6. The summed E-state index contributed by atoms with van der Waals surface area (Å²) < 4.78 is 16.7. The zero-order chi connectivity index (χ0) is 14.4. The summed E-state index contributed by atoms with van der Waals surface area (Å²) in [6.45, 7) is 0. The van der Waals surface area contributed by atoms with Gasteiger partial charge in [-0.2, -0.15) is 0 Å². The van der Waals surface area contributed by atoms with Crippen LogP contribution in [-0.2, 0) is 0 Å². The zero-order valence-electron chi connectivity index (χ0n) is 11.3. The molecule has 1 aliphatic heterocycles. The van der Waals surface area contributed by atoms with E-state index in [1.165, 1.54) is 0 Å². The number of furan rings is 1. The third kappa shape index (κ3) is 1.97. The van der Waals surface area contributed by atoms with Crippen LogP contribution in [0.1, 0.15) is 10.1 Å². The maximum atomic E-state index is 12.9. The van der Waals surface area contributed by atoms with Gasteiger partial charge < -0.3 is 13.6 Å². The fourth-order valence-corrected chi connectivity index (χ4v) is 5.45. The molecule has 0 N–H and O–H groups in total. The largest absolute Gasteiger partial charge is 0.495 e. The van der Waals surface area contributed by atoms with E-state index in [0.29, 0.717) is 27.9 Å². The summed E-state index contributed by atoms with van der Waals surface area (Å²) >= 11 is 3.56. The van der Waals surface area contributed by atoms with Crippen LogP contribution >= 0.6 is 23.5 Å². The molecule has 3 aromatic rings. The van der Waals surface area contributed by atoms with Gasteiger partial charge in [0.15, 0.2) is 0 Å². The lowest BCUT2D eigenvalue weighted by Crippen LogP contribution is -2.10. The van der Waals surface area contributed by atoms with Crippen molar-refractivity contribution in [3.05, 3.63) is 40.4 Å². The van der Waals surface area contributed by atoms with Crippen LogP contribution in [0.15, 0.2) is 38.3 Å². The summed E-state index contributed by atoms with van der Waals surface area (Å²) in [5, 5.41) is 1.29. The number of rotatable bonds is 2. The summed E-state index contributed by atoms with van der Waals surface area (Å²) in [6.07, 6.45) is 3.16. The molecular formula is C15H12O4S2. The second-order valence-corrected chi connectivity index (χ2v) is 7.43. The topological polar surface area (TPSA) is 52.6 Å². The normalized spacial score (nSPS) is 16.0. The fraction of sp³-hybridized carbons (Fsp3) is 0.267. The molecule has 0 bridgehead atoms. The third-order valence-corrected chi connectivity index (χ3v) is 6.63. The monoisotopic (exact) mass is 320 g/mol. The van der Waals surface area contributed by atoms with Gasteiger partial charge in [0.2, 0.25) is 5.43 Å². The summed E-state index contributed by atoms with van der Waals surface area (Å²) in [6, 6.07) is 3.55. The lowest BCUT2D eigenvalue weighted by Gasteiger charge is -2.10. The summed E-state index contributed by atoms with van der Waals surface area (Å²) in [5.74, 6) is 2.65. The standard InChI is InChI=1S/C15H12O4S2/c1-17-14-8-2-3-18-10(8)6-11-12(14)13(16)9(7-19-11)15-20-4-5-21-15/h2-3,6-7,15H,4-5H2,1H3. The van der Waals surface area contributed by atoms with Crippen molar-refractivity contribution < 1.29 is 13.6 Å². The average Bonchev–Trinajstić information content (AvgIpc) is 3.16. The summed E-state index contributed by atoms with van der Waals surface area (Å²) in [7, 11) is 1.56. The molecule has 0 amide bonds. The Morgan fingerprint density at radius 2 is 2.05 bits per heavy atom. The van der Waals surface area contributed by atoms with Crippen LogP contribution in [0.2, 0.25) is 0 Å². The highest BCUT2D eigenvalue weighted by atomic mass is 32.2. The first-order chi connectivity index (χ1) is 10.3. The minimum Gasteiger partial charge on any atom is -0.495 e. The Morgan fingerprint density at radius 3 is 2.81 bits per heavy atom. The van der Waals surface area contributed by atoms with E-state index in [1.54, 1.807) is 55.3 Å². The average molecular weight is 320 g/mol. The van der Waals surface area contributed by atoms with Gasteiger partial charge in [0.05, 0.1) is 28.9 Å². The molecular weight excluding hydrogens is 308 g/mol. The third-order valence-electron chi connectivity index (χ3n) is 3.56. The first kappa shape index (κ1) is 13.2. The predicted molar refractivity (Wildman–Crippen MR) is 86.5 cm³/mol. The van der Waals surface area contributed by atoms with Gasteiger partial charge in [-0.1, -0.05) is 0 Å². The molecule has 0 spiro atoms. The fourth-order valence-electron chi connectivity index (χ4n) is 2.60. The molecule has 0 unspecified atom stereocenters.